The topological polar surface area (TPSA) is 65.1 Å². The molecule has 206 valence electrons. The molecule has 1 amide bonds. The maximum atomic E-state index is 13.7. The van der Waals surface area contributed by atoms with Gasteiger partial charge in [-0.05, 0) is 55.4 Å². The van der Waals surface area contributed by atoms with E-state index < -0.39 is 31.5 Å². The van der Waals surface area contributed by atoms with Crippen LogP contribution in [-0.2, 0) is 18.7 Å². The Hall–Kier alpha value is -2.90. The molecule has 0 unspecified atom stereocenters. The first kappa shape index (κ1) is 29.6. The van der Waals surface area contributed by atoms with Crippen molar-refractivity contribution in [1.82, 2.24) is 4.90 Å². The van der Waals surface area contributed by atoms with Gasteiger partial charge in [-0.25, -0.2) is 9.59 Å². The molecule has 0 aromatic heterocycles. The summed E-state index contributed by atoms with van der Waals surface area (Å²) < 4.78 is 18.4. The third-order valence-electron chi connectivity index (χ3n) is 7.26. The zero-order chi connectivity index (χ0) is 28.2. The lowest BCUT2D eigenvalue weighted by Gasteiger charge is -2.46. The SMILES string of the molecule is C=CC[C@H]1CC[C@@](CO[Si](c2ccccc2)(c2ccccc2)C(C)(C)C)(C(=O)OC)N1C(=O)OC(C)(C)C. The van der Waals surface area contributed by atoms with Crippen molar-refractivity contribution in [2.24, 2.45) is 0 Å². The highest BCUT2D eigenvalue weighted by Crippen LogP contribution is 2.42. The van der Waals surface area contributed by atoms with Gasteiger partial charge in [-0.15, -0.1) is 6.58 Å². The number of esters is 1. The second-order valence-corrected chi connectivity index (χ2v) is 16.3. The van der Waals surface area contributed by atoms with E-state index in [2.05, 4.69) is 51.6 Å². The quantitative estimate of drug-likeness (QED) is 0.255. The molecule has 0 N–H and O–H groups in total. The third kappa shape index (κ3) is 5.74. The van der Waals surface area contributed by atoms with E-state index in [-0.39, 0.29) is 17.7 Å². The van der Waals surface area contributed by atoms with Crippen LogP contribution in [0.4, 0.5) is 4.79 Å². The second-order valence-electron chi connectivity index (χ2n) is 12.0. The summed E-state index contributed by atoms with van der Waals surface area (Å²) in [5.41, 5.74) is -2.04. The fourth-order valence-electron chi connectivity index (χ4n) is 5.64. The number of benzene rings is 2. The molecule has 1 saturated heterocycles. The molecule has 1 aliphatic heterocycles. The largest absolute Gasteiger partial charge is 0.467 e. The van der Waals surface area contributed by atoms with Crippen LogP contribution >= 0.6 is 0 Å². The van der Waals surface area contributed by atoms with Gasteiger partial charge >= 0.3 is 12.1 Å². The summed E-state index contributed by atoms with van der Waals surface area (Å²) in [6.45, 7) is 15.9. The molecule has 7 heteroatoms. The van der Waals surface area contributed by atoms with Crippen molar-refractivity contribution in [2.45, 2.75) is 83.0 Å². The molecule has 2 aromatic carbocycles. The number of hydrogen-bond donors (Lipinski definition) is 0. The van der Waals surface area contributed by atoms with Crippen molar-refractivity contribution in [3.63, 3.8) is 0 Å². The summed E-state index contributed by atoms with van der Waals surface area (Å²) in [7, 11) is -1.62. The summed E-state index contributed by atoms with van der Waals surface area (Å²) >= 11 is 0. The van der Waals surface area contributed by atoms with Crippen molar-refractivity contribution in [2.75, 3.05) is 13.7 Å². The van der Waals surface area contributed by atoms with Crippen LogP contribution in [0.5, 0.6) is 0 Å². The molecule has 1 aliphatic rings. The van der Waals surface area contributed by atoms with Crippen LogP contribution in [0.3, 0.4) is 0 Å². The van der Waals surface area contributed by atoms with E-state index in [0.717, 1.165) is 10.4 Å². The lowest BCUT2D eigenvalue weighted by Crippen LogP contribution is -2.69. The summed E-state index contributed by atoms with van der Waals surface area (Å²) in [5, 5.41) is 1.91. The lowest BCUT2D eigenvalue weighted by molar-refractivity contribution is -0.156. The van der Waals surface area contributed by atoms with Gasteiger partial charge in [0.25, 0.3) is 8.32 Å². The van der Waals surface area contributed by atoms with Crippen LogP contribution < -0.4 is 10.4 Å². The van der Waals surface area contributed by atoms with Gasteiger partial charge < -0.3 is 13.9 Å². The smallest absolute Gasteiger partial charge is 0.411 e. The van der Waals surface area contributed by atoms with E-state index in [0.29, 0.717) is 19.3 Å². The number of likely N-dealkylation sites (tertiary alicyclic amines) is 1. The molecule has 0 aliphatic carbocycles. The normalized spacial score (nSPS) is 20.2. The Morgan fingerprint density at radius 2 is 1.53 bits per heavy atom. The minimum Gasteiger partial charge on any atom is -0.467 e. The number of carbonyl (C=O) groups is 2. The number of methoxy groups -OCH3 is 1. The van der Waals surface area contributed by atoms with Gasteiger partial charge in [-0.3, -0.25) is 4.90 Å². The first-order valence-corrected chi connectivity index (χ1v) is 15.2. The maximum Gasteiger partial charge on any atom is 0.411 e. The van der Waals surface area contributed by atoms with E-state index in [4.69, 9.17) is 13.9 Å². The molecular formula is C31H43NO5Si. The molecule has 0 saturated carbocycles. The molecule has 3 rings (SSSR count). The second kappa shape index (κ2) is 11.5. The molecular weight excluding hydrogens is 494 g/mol. The molecule has 2 aromatic rings. The molecule has 0 spiro atoms. The Kier molecular flexibility index (Phi) is 8.94. The maximum absolute atomic E-state index is 13.7. The molecule has 38 heavy (non-hydrogen) atoms. The molecule has 0 radical (unpaired) electrons. The Labute approximate surface area is 229 Å². The predicted molar refractivity (Wildman–Crippen MR) is 154 cm³/mol. The summed E-state index contributed by atoms with van der Waals surface area (Å²) in [5.74, 6) is -0.493. The predicted octanol–water partition coefficient (Wildman–Crippen LogP) is 5.45. The van der Waals surface area contributed by atoms with Crippen molar-refractivity contribution in [1.29, 1.82) is 0 Å². The van der Waals surface area contributed by atoms with Gasteiger partial charge in [0, 0.05) is 6.04 Å². The van der Waals surface area contributed by atoms with Gasteiger partial charge in [0.1, 0.15) is 5.60 Å². The van der Waals surface area contributed by atoms with E-state index >= 15 is 0 Å². The van der Waals surface area contributed by atoms with Crippen LogP contribution in [0.25, 0.3) is 0 Å². The van der Waals surface area contributed by atoms with Crippen LogP contribution in [0.15, 0.2) is 73.3 Å². The van der Waals surface area contributed by atoms with E-state index in [1.807, 2.05) is 57.2 Å². The monoisotopic (exact) mass is 537 g/mol. The summed E-state index contributed by atoms with van der Waals surface area (Å²) in [6.07, 6.45) is 2.80. The number of amides is 1. The van der Waals surface area contributed by atoms with Crippen molar-refractivity contribution >= 4 is 30.8 Å². The minimum atomic E-state index is -2.98. The lowest BCUT2D eigenvalue weighted by atomic mass is 9.98. The third-order valence-corrected chi connectivity index (χ3v) is 12.2. The average molecular weight is 538 g/mol. The number of ether oxygens (including phenoxy) is 2. The van der Waals surface area contributed by atoms with Gasteiger partial charge in [0.05, 0.1) is 13.7 Å². The number of hydrogen-bond acceptors (Lipinski definition) is 5. The zero-order valence-corrected chi connectivity index (χ0v) is 25.0. The molecule has 1 fully saturated rings. The Bertz CT molecular complexity index is 1070. The molecule has 1 heterocycles. The number of carbonyl (C=O) groups excluding carboxylic acids is 2. The first-order valence-electron chi connectivity index (χ1n) is 13.3. The van der Waals surface area contributed by atoms with Crippen LogP contribution in [0.1, 0.15) is 60.8 Å². The van der Waals surface area contributed by atoms with Crippen molar-refractivity contribution in [3.8, 4) is 0 Å². The average Bonchev–Trinajstić information content (AvgIpc) is 3.23. The fourth-order valence-corrected chi connectivity index (χ4v) is 10.2. The summed E-state index contributed by atoms with van der Waals surface area (Å²) in [6, 6.07) is 20.3. The summed E-state index contributed by atoms with van der Waals surface area (Å²) in [4.78, 5) is 28.9. The first-order chi connectivity index (χ1) is 17.8. The van der Waals surface area contributed by atoms with Gasteiger partial charge in [0.15, 0.2) is 5.54 Å². The highest BCUT2D eigenvalue weighted by atomic mass is 28.4. The van der Waals surface area contributed by atoms with Gasteiger partial charge in [-0.1, -0.05) is 87.5 Å². The molecule has 0 bridgehead atoms. The Morgan fingerprint density at radius 3 is 1.95 bits per heavy atom. The van der Waals surface area contributed by atoms with Gasteiger partial charge in [0.2, 0.25) is 0 Å². The number of rotatable bonds is 8. The number of nitrogens with zero attached hydrogens (tertiary/aromatic N) is 1. The van der Waals surface area contributed by atoms with Crippen LogP contribution in [-0.4, -0.2) is 56.2 Å². The van der Waals surface area contributed by atoms with Gasteiger partial charge in [-0.2, -0.15) is 0 Å². The molecule has 6 nitrogen and oxygen atoms in total. The Morgan fingerprint density at radius 1 is 1.00 bits per heavy atom. The highest BCUT2D eigenvalue weighted by molar-refractivity contribution is 6.99. The zero-order valence-electron chi connectivity index (χ0n) is 24.0. The van der Waals surface area contributed by atoms with E-state index in [9.17, 15) is 9.59 Å². The van der Waals surface area contributed by atoms with Crippen LogP contribution in [0, 0.1) is 0 Å². The standard InChI is InChI=1S/C31H43NO5Si/c1-9-16-24-21-22-31(27(33)35-8,32(24)28(34)37-29(2,3)4)23-36-38(30(5,6)7,25-17-12-10-13-18-25)26-19-14-11-15-20-26/h9-15,17-20,24H,1,16,21-23H2,2-8H3/t24-,31+/m0/s1. The van der Waals surface area contributed by atoms with Crippen LogP contribution in [0.2, 0.25) is 5.04 Å². The fraction of sp³-hybridized carbons (Fsp3) is 0.484. The van der Waals surface area contributed by atoms with E-state index in [1.54, 1.807) is 11.0 Å². The minimum absolute atomic E-state index is 0.000159. The highest BCUT2D eigenvalue weighted by Gasteiger charge is 2.59. The van der Waals surface area contributed by atoms with Crippen molar-refractivity contribution in [3.05, 3.63) is 73.3 Å². The van der Waals surface area contributed by atoms with Crippen molar-refractivity contribution < 1.29 is 23.5 Å². The Balaban J connectivity index is 2.18. The molecule has 2 atom stereocenters. The van der Waals surface area contributed by atoms with E-state index in [1.165, 1.54) is 7.11 Å².